The van der Waals surface area contributed by atoms with Gasteiger partial charge in [0, 0.05) is 44.5 Å². The van der Waals surface area contributed by atoms with Gasteiger partial charge in [0.05, 0.1) is 5.56 Å². The van der Waals surface area contributed by atoms with Gasteiger partial charge in [0.1, 0.15) is 5.69 Å². The number of aromatic nitrogens is 1. The lowest BCUT2D eigenvalue weighted by Crippen LogP contribution is -2.49. The molecule has 0 unspecified atom stereocenters. The highest BCUT2D eigenvalue weighted by atomic mass is 19.4. The molecule has 0 aliphatic carbocycles. The monoisotopic (exact) mass is 459 g/mol. The first-order valence-corrected chi connectivity index (χ1v) is 10.1. The molecule has 2 heterocycles. The highest BCUT2D eigenvalue weighted by Crippen LogP contribution is 2.34. The standard InChI is InChI=1S/C22H23F6N3O/c1-14-3-5-17(21(23,24)25)12-18(14)30-7-9-31(10-8-30)20(32)11-15(2)16-4-6-19(29-13-16)22(26,27)28/h3-6,12-13,15H,7-11H2,1-2H3/t15-/m1/s1. The molecule has 1 amide bonds. The maximum Gasteiger partial charge on any atom is 0.433 e. The van der Waals surface area contributed by atoms with Gasteiger partial charge in [0.25, 0.3) is 0 Å². The lowest BCUT2D eigenvalue weighted by molar-refractivity contribution is -0.141. The van der Waals surface area contributed by atoms with Gasteiger partial charge in [-0.1, -0.05) is 19.1 Å². The van der Waals surface area contributed by atoms with Crippen molar-refractivity contribution >= 4 is 11.6 Å². The van der Waals surface area contributed by atoms with E-state index in [0.717, 1.165) is 30.0 Å². The van der Waals surface area contributed by atoms with Gasteiger partial charge in [-0.05, 0) is 42.2 Å². The van der Waals surface area contributed by atoms with Crippen LogP contribution in [-0.4, -0.2) is 42.0 Å². The maximum atomic E-state index is 13.0. The first-order valence-electron chi connectivity index (χ1n) is 10.1. The number of halogens is 6. The molecule has 1 atom stereocenters. The number of hydrogen-bond donors (Lipinski definition) is 0. The second-order valence-corrected chi connectivity index (χ2v) is 7.95. The summed E-state index contributed by atoms with van der Waals surface area (Å²) < 4.78 is 77.1. The largest absolute Gasteiger partial charge is 0.433 e. The van der Waals surface area contributed by atoms with Crippen molar-refractivity contribution in [3.05, 3.63) is 58.9 Å². The molecule has 0 bridgehead atoms. The predicted molar refractivity (Wildman–Crippen MR) is 107 cm³/mol. The molecule has 2 aromatic rings. The van der Waals surface area contributed by atoms with Crippen molar-refractivity contribution in [2.45, 2.75) is 38.5 Å². The van der Waals surface area contributed by atoms with Crippen molar-refractivity contribution in [2.24, 2.45) is 0 Å². The summed E-state index contributed by atoms with van der Waals surface area (Å²) in [6, 6.07) is 5.84. The van der Waals surface area contributed by atoms with Crippen LogP contribution in [0.25, 0.3) is 0 Å². The molecular formula is C22H23F6N3O. The number of hydrogen-bond acceptors (Lipinski definition) is 3. The van der Waals surface area contributed by atoms with E-state index < -0.39 is 23.6 Å². The van der Waals surface area contributed by atoms with E-state index in [2.05, 4.69) is 4.98 Å². The second-order valence-electron chi connectivity index (χ2n) is 7.95. The van der Waals surface area contributed by atoms with Crippen molar-refractivity contribution in [2.75, 3.05) is 31.1 Å². The molecular weight excluding hydrogens is 436 g/mol. The maximum absolute atomic E-state index is 13.0. The van der Waals surface area contributed by atoms with Crippen LogP contribution in [0.2, 0.25) is 0 Å². The van der Waals surface area contributed by atoms with Gasteiger partial charge in [-0.25, -0.2) is 0 Å². The van der Waals surface area contributed by atoms with Gasteiger partial charge in [-0.2, -0.15) is 26.3 Å². The van der Waals surface area contributed by atoms with Crippen molar-refractivity contribution < 1.29 is 31.1 Å². The Morgan fingerprint density at radius 1 is 1.00 bits per heavy atom. The molecule has 1 aromatic carbocycles. The van der Waals surface area contributed by atoms with Crippen LogP contribution < -0.4 is 4.90 Å². The molecule has 1 aliphatic heterocycles. The summed E-state index contributed by atoms with van der Waals surface area (Å²) in [4.78, 5) is 19.6. The first kappa shape index (κ1) is 23.9. The topological polar surface area (TPSA) is 36.4 Å². The number of carbonyl (C=O) groups excluding carboxylic acids is 1. The molecule has 1 fully saturated rings. The van der Waals surface area contributed by atoms with Crippen LogP contribution in [0, 0.1) is 6.92 Å². The van der Waals surface area contributed by atoms with Crippen LogP contribution in [0.15, 0.2) is 36.5 Å². The number of pyridine rings is 1. The van der Waals surface area contributed by atoms with E-state index in [0.29, 0.717) is 37.4 Å². The number of alkyl halides is 6. The summed E-state index contributed by atoms with van der Waals surface area (Å²) in [6.07, 6.45) is -7.70. The summed E-state index contributed by atoms with van der Waals surface area (Å²) in [5.74, 6) is -0.473. The zero-order valence-electron chi connectivity index (χ0n) is 17.6. The minimum Gasteiger partial charge on any atom is -0.368 e. The van der Waals surface area contributed by atoms with Gasteiger partial charge in [0.15, 0.2) is 0 Å². The number of nitrogens with zero attached hydrogens (tertiary/aromatic N) is 3. The van der Waals surface area contributed by atoms with Crippen LogP contribution in [0.4, 0.5) is 32.0 Å². The Balaban J connectivity index is 1.59. The number of piperazine rings is 1. The zero-order valence-corrected chi connectivity index (χ0v) is 17.6. The Hall–Kier alpha value is -2.78. The molecule has 1 aliphatic rings. The third kappa shape index (κ3) is 5.52. The summed E-state index contributed by atoms with van der Waals surface area (Å²) in [6.45, 7) is 4.98. The third-order valence-corrected chi connectivity index (χ3v) is 5.64. The van der Waals surface area contributed by atoms with Crippen LogP contribution in [0.1, 0.15) is 41.6 Å². The van der Waals surface area contributed by atoms with Crippen LogP contribution in [0.3, 0.4) is 0 Å². The number of anilines is 1. The van der Waals surface area contributed by atoms with Crippen molar-refractivity contribution in [1.82, 2.24) is 9.88 Å². The van der Waals surface area contributed by atoms with E-state index in [1.807, 2.05) is 4.90 Å². The van der Waals surface area contributed by atoms with E-state index >= 15 is 0 Å². The molecule has 0 N–H and O–H groups in total. The molecule has 32 heavy (non-hydrogen) atoms. The minimum atomic E-state index is -4.52. The number of rotatable bonds is 4. The van der Waals surface area contributed by atoms with Crippen molar-refractivity contribution in [1.29, 1.82) is 0 Å². The number of aryl methyl sites for hydroxylation is 1. The molecule has 3 rings (SSSR count). The molecule has 4 nitrogen and oxygen atoms in total. The van der Waals surface area contributed by atoms with Crippen molar-refractivity contribution in [3.63, 3.8) is 0 Å². The van der Waals surface area contributed by atoms with E-state index in [1.54, 1.807) is 18.7 Å². The van der Waals surface area contributed by atoms with Gasteiger partial charge < -0.3 is 9.80 Å². The number of amides is 1. The fraction of sp³-hybridized carbons (Fsp3) is 0.455. The lowest BCUT2D eigenvalue weighted by atomic mass is 9.98. The normalized spacial score (nSPS) is 16.2. The molecule has 174 valence electrons. The summed E-state index contributed by atoms with van der Waals surface area (Å²) >= 11 is 0. The Morgan fingerprint density at radius 3 is 2.19 bits per heavy atom. The lowest BCUT2D eigenvalue weighted by Gasteiger charge is -2.37. The summed E-state index contributed by atoms with van der Waals surface area (Å²) in [5.41, 5.74) is 0.0539. The Kier molecular flexibility index (Phi) is 6.71. The molecule has 1 aromatic heterocycles. The van der Waals surface area contributed by atoms with Gasteiger partial charge >= 0.3 is 12.4 Å². The fourth-order valence-corrected chi connectivity index (χ4v) is 3.70. The SMILES string of the molecule is Cc1ccc(C(F)(F)F)cc1N1CCN(C(=O)C[C@@H](C)c2ccc(C(F)(F)F)nc2)CC1. The van der Waals surface area contributed by atoms with E-state index in [9.17, 15) is 31.1 Å². The van der Waals surface area contributed by atoms with Gasteiger partial charge in [0.2, 0.25) is 5.91 Å². The van der Waals surface area contributed by atoms with Gasteiger partial charge in [-0.3, -0.25) is 9.78 Å². The molecule has 0 radical (unpaired) electrons. The Labute approximate surface area is 181 Å². The quantitative estimate of drug-likeness (QED) is 0.585. The third-order valence-electron chi connectivity index (χ3n) is 5.64. The average Bonchev–Trinajstić information content (AvgIpc) is 2.73. The predicted octanol–water partition coefficient (Wildman–Crippen LogP) is 5.27. The summed E-state index contributed by atoms with van der Waals surface area (Å²) in [5, 5.41) is 0. The second kappa shape index (κ2) is 8.99. The fourth-order valence-electron chi connectivity index (χ4n) is 3.70. The highest BCUT2D eigenvalue weighted by molar-refractivity contribution is 5.77. The number of carbonyl (C=O) groups is 1. The highest BCUT2D eigenvalue weighted by Gasteiger charge is 2.33. The molecule has 10 heteroatoms. The molecule has 0 spiro atoms. The van der Waals surface area contributed by atoms with E-state index in [-0.39, 0.29) is 18.2 Å². The summed E-state index contributed by atoms with van der Waals surface area (Å²) in [7, 11) is 0. The van der Waals surface area contributed by atoms with Crippen molar-refractivity contribution in [3.8, 4) is 0 Å². The molecule has 1 saturated heterocycles. The first-order chi connectivity index (χ1) is 14.9. The number of benzene rings is 1. The minimum absolute atomic E-state index is 0.107. The average molecular weight is 459 g/mol. The Bertz CT molecular complexity index is 948. The van der Waals surface area contributed by atoms with Crippen LogP contribution in [-0.2, 0) is 17.1 Å². The van der Waals surface area contributed by atoms with Gasteiger partial charge in [-0.15, -0.1) is 0 Å². The van der Waals surface area contributed by atoms with Crippen LogP contribution >= 0.6 is 0 Å². The molecule has 0 saturated carbocycles. The van der Waals surface area contributed by atoms with E-state index in [1.165, 1.54) is 12.1 Å². The smallest absolute Gasteiger partial charge is 0.368 e. The Morgan fingerprint density at radius 2 is 1.66 bits per heavy atom. The zero-order chi connectivity index (χ0) is 23.7. The van der Waals surface area contributed by atoms with Crippen LogP contribution in [0.5, 0.6) is 0 Å². The van der Waals surface area contributed by atoms with E-state index in [4.69, 9.17) is 0 Å².